The van der Waals surface area contributed by atoms with Crippen LogP contribution in [0.15, 0.2) is 0 Å². The molecule has 5 nitrogen and oxygen atoms in total. The lowest BCUT2D eigenvalue weighted by molar-refractivity contribution is -0.138. The SMILES string of the molecule is O=C(O)CC(NC(=O)[C@@H]1CCCN1)C1CC1. The van der Waals surface area contributed by atoms with Gasteiger partial charge >= 0.3 is 5.97 Å². The standard InChI is InChI=1S/C11H18N2O3/c14-10(15)6-9(7-3-4-7)13-11(16)8-2-1-5-12-8/h7-9,12H,1-6H2,(H,13,16)(H,14,15)/t8-,9?/m0/s1. The molecule has 1 unspecified atom stereocenters. The van der Waals surface area contributed by atoms with Crippen LogP contribution in [-0.4, -0.2) is 35.6 Å². The Bertz CT molecular complexity index is 283. The van der Waals surface area contributed by atoms with Gasteiger partial charge in [-0.25, -0.2) is 0 Å². The molecule has 0 aromatic carbocycles. The van der Waals surface area contributed by atoms with Crippen molar-refractivity contribution in [3.05, 3.63) is 0 Å². The van der Waals surface area contributed by atoms with Gasteiger partial charge in [0.1, 0.15) is 0 Å². The van der Waals surface area contributed by atoms with E-state index in [1.165, 1.54) is 0 Å². The van der Waals surface area contributed by atoms with Crippen LogP contribution in [0.1, 0.15) is 32.1 Å². The van der Waals surface area contributed by atoms with Crippen molar-refractivity contribution >= 4 is 11.9 Å². The van der Waals surface area contributed by atoms with Crippen molar-refractivity contribution in [3.8, 4) is 0 Å². The van der Waals surface area contributed by atoms with Crippen molar-refractivity contribution in [1.82, 2.24) is 10.6 Å². The molecule has 5 heteroatoms. The molecule has 1 heterocycles. The van der Waals surface area contributed by atoms with E-state index < -0.39 is 5.97 Å². The lowest BCUT2D eigenvalue weighted by Crippen LogP contribution is -2.46. The summed E-state index contributed by atoms with van der Waals surface area (Å²) in [5.41, 5.74) is 0. The maximum Gasteiger partial charge on any atom is 0.305 e. The summed E-state index contributed by atoms with van der Waals surface area (Å²) >= 11 is 0. The van der Waals surface area contributed by atoms with Crippen LogP contribution in [0.3, 0.4) is 0 Å². The Labute approximate surface area is 94.6 Å². The average molecular weight is 226 g/mol. The van der Waals surface area contributed by atoms with Gasteiger partial charge in [-0.2, -0.15) is 0 Å². The molecule has 90 valence electrons. The minimum atomic E-state index is -0.836. The molecule has 0 aromatic heterocycles. The zero-order chi connectivity index (χ0) is 11.5. The zero-order valence-electron chi connectivity index (χ0n) is 9.24. The molecule has 0 radical (unpaired) electrons. The lowest BCUT2D eigenvalue weighted by Gasteiger charge is -2.19. The fourth-order valence-corrected chi connectivity index (χ4v) is 2.21. The van der Waals surface area contributed by atoms with E-state index >= 15 is 0 Å². The van der Waals surface area contributed by atoms with Gasteiger partial charge in [-0.15, -0.1) is 0 Å². The van der Waals surface area contributed by atoms with E-state index in [0.717, 1.165) is 32.2 Å². The van der Waals surface area contributed by atoms with Gasteiger partial charge < -0.3 is 15.7 Å². The summed E-state index contributed by atoms with van der Waals surface area (Å²) in [4.78, 5) is 22.5. The minimum absolute atomic E-state index is 0.0318. The second-order valence-corrected chi connectivity index (χ2v) is 4.70. The summed E-state index contributed by atoms with van der Waals surface area (Å²) in [6.07, 6.45) is 4.00. The molecule has 1 aliphatic carbocycles. The molecule has 0 bridgehead atoms. The molecule has 16 heavy (non-hydrogen) atoms. The number of hydrogen-bond donors (Lipinski definition) is 3. The van der Waals surface area contributed by atoms with E-state index in [0.29, 0.717) is 5.92 Å². The Hall–Kier alpha value is -1.10. The molecule has 1 saturated carbocycles. The van der Waals surface area contributed by atoms with Crippen molar-refractivity contribution in [2.24, 2.45) is 5.92 Å². The van der Waals surface area contributed by atoms with Crippen molar-refractivity contribution < 1.29 is 14.7 Å². The Balaban J connectivity index is 1.84. The highest BCUT2D eigenvalue weighted by Gasteiger charge is 2.35. The maximum absolute atomic E-state index is 11.8. The van der Waals surface area contributed by atoms with Crippen LogP contribution < -0.4 is 10.6 Å². The molecule has 1 amide bonds. The topological polar surface area (TPSA) is 78.4 Å². The average Bonchev–Trinajstić information content (AvgIpc) is 2.91. The Morgan fingerprint density at radius 2 is 2.12 bits per heavy atom. The summed E-state index contributed by atoms with van der Waals surface area (Å²) in [6, 6.07) is -0.289. The van der Waals surface area contributed by atoms with Crippen molar-refractivity contribution in [2.75, 3.05) is 6.54 Å². The first-order valence-corrected chi connectivity index (χ1v) is 5.92. The van der Waals surface area contributed by atoms with Gasteiger partial charge in [-0.3, -0.25) is 9.59 Å². The van der Waals surface area contributed by atoms with Crippen LogP contribution in [0.5, 0.6) is 0 Å². The largest absolute Gasteiger partial charge is 0.481 e. The number of rotatable bonds is 5. The van der Waals surface area contributed by atoms with E-state index in [2.05, 4.69) is 10.6 Å². The van der Waals surface area contributed by atoms with Crippen molar-refractivity contribution in [2.45, 2.75) is 44.2 Å². The lowest BCUT2D eigenvalue weighted by atomic mass is 10.1. The van der Waals surface area contributed by atoms with Gasteiger partial charge in [-0.05, 0) is 38.1 Å². The normalized spacial score (nSPS) is 26.4. The molecule has 2 aliphatic rings. The molecular formula is C11H18N2O3. The van der Waals surface area contributed by atoms with Gasteiger partial charge in [-0.1, -0.05) is 0 Å². The number of carbonyl (C=O) groups excluding carboxylic acids is 1. The smallest absolute Gasteiger partial charge is 0.305 e. The van der Waals surface area contributed by atoms with Gasteiger partial charge in [0, 0.05) is 6.04 Å². The van der Waals surface area contributed by atoms with Gasteiger partial charge in [0.15, 0.2) is 0 Å². The third kappa shape index (κ3) is 2.95. The van der Waals surface area contributed by atoms with E-state index in [4.69, 9.17) is 5.11 Å². The summed E-state index contributed by atoms with van der Waals surface area (Å²) in [5, 5.41) is 14.8. The molecule has 2 fully saturated rings. The second kappa shape index (κ2) is 4.82. The predicted octanol–water partition coefficient (Wildman–Crippen LogP) is 0.108. The van der Waals surface area contributed by atoms with Gasteiger partial charge in [0.25, 0.3) is 0 Å². The Kier molecular flexibility index (Phi) is 3.43. The molecule has 1 aliphatic heterocycles. The predicted molar refractivity (Wildman–Crippen MR) is 57.9 cm³/mol. The van der Waals surface area contributed by atoms with Crippen LogP contribution in [-0.2, 0) is 9.59 Å². The highest BCUT2D eigenvalue weighted by Crippen LogP contribution is 2.34. The number of amides is 1. The van der Waals surface area contributed by atoms with Crippen molar-refractivity contribution in [3.63, 3.8) is 0 Å². The fraction of sp³-hybridized carbons (Fsp3) is 0.818. The highest BCUT2D eigenvalue weighted by atomic mass is 16.4. The van der Waals surface area contributed by atoms with E-state index in [1.807, 2.05) is 0 Å². The summed E-state index contributed by atoms with van der Waals surface area (Å²) < 4.78 is 0. The minimum Gasteiger partial charge on any atom is -0.481 e. The van der Waals surface area contributed by atoms with Crippen LogP contribution >= 0.6 is 0 Å². The molecule has 1 saturated heterocycles. The number of carboxylic acid groups (broad SMARTS) is 1. The Morgan fingerprint density at radius 3 is 2.62 bits per heavy atom. The third-order valence-corrected chi connectivity index (χ3v) is 3.29. The number of carbonyl (C=O) groups is 2. The Morgan fingerprint density at radius 1 is 1.38 bits per heavy atom. The van der Waals surface area contributed by atoms with E-state index in [1.54, 1.807) is 0 Å². The number of carboxylic acids is 1. The number of nitrogens with one attached hydrogen (secondary N) is 2. The first-order chi connectivity index (χ1) is 7.66. The molecule has 3 N–H and O–H groups in total. The van der Waals surface area contributed by atoms with Crippen molar-refractivity contribution in [1.29, 1.82) is 0 Å². The molecule has 0 aromatic rings. The monoisotopic (exact) mass is 226 g/mol. The van der Waals surface area contributed by atoms with Gasteiger partial charge in [0.2, 0.25) is 5.91 Å². The van der Waals surface area contributed by atoms with Crippen LogP contribution in [0.25, 0.3) is 0 Å². The summed E-state index contributed by atoms with van der Waals surface area (Å²) in [5.74, 6) is -0.492. The summed E-state index contributed by atoms with van der Waals surface area (Å²) in [6.45, 7) is 0.880. The second-order valence-electron chi connectivity index (χ2n) is 4.70. The quantitative estimate of drug-likeness (QED) is 0.621. The van der Waals surface area contributed by atoms with Crippen LogP contribution in [0.2, 0.25) is 0 Å². The first kappa shape index (κ1) is 11.4. The van der Waals surface area contributed by atoms with Crippen LogP contribution in [0, 0.1) is 5.92 Å². The number of hydrogen-bond acceptors (Lipinski definition) is 3. The highest BCUT2D eigenvalue weighted by molar-refractivity contribution is 5.83. The zero-order valence-corrected chi connectivity index (χ0v) is 9.24. The fourth-order valence-electron chi connectivity index (χ4n) is 2.21. The molecular weight excluding hydrogens is 208 g/mol. The maximum atomic E-state index is 11.8. The van der Waals surface area contributed by atoms with Gasteiger partial charge in [0.05, 0.1) is 12.5 Å². The molecule has 2 atom stereocenters. The third-order valence-electron chi connectivity index (χ3n) is 3.29. The van der Waals surface area contributed by atoms with E-state index in [-0.39, 0.29) is 24.4 Å². The van der Waals surface area contributed by atoms with Crippen LogP contribution in [0.4, 0.5) is 0 Å². The number of aliphatic carboxylic acids is 1. The summed E-state index contributed by atoms with van der Waals surface area (Å²) in [7, 11) is 0. The molecule has 2 rings (SSSR count). The molecule has 0 spiro atoms. The first-order valence-electron chi connectivity index (χ1n) is 5.92. The van der Waals surface area contributed by atoms with E-state index in [9.17, 15) is 9.59 Å².